The van der Waals surface area contributed by atoms with Crippen molar-refractivity contribution >= 4 is 18.1 Å². The Labute approximate surface area is 121 Å². The van der Waals surface area contributed by atoms with E-state index in [1.807, 2.05) is 0 Å². The Balaban J connectivity index is 0.000000394. The van der Waals surface area contributed by atoms with Gasteiger partial charge in [0.1, 0.15) is 0 Å². The van der Waals surface area contributed by atoms with Crippen LogP contribution in [0.15, 0.2) is 43.0 Å². The summed E-state index contributed by atoms with van der Waals surface area (Å²) in [4.78, 5) is 30.3. The van der Waals surface area contributed by atoms with E-state index in [0.29, 0.717) is 12.0 Å². The summed E-state index contributed by atoms with van der Waals surface area (Å²) in [7, 11) is 0. The van der Waals surface area contributed by atoms with E-state index in [-0.39, 0.29) is 13.2 Å². The molecule has 0 unspecified atom stereocenters. The SMILES string of the molecule is C=CC(=O)OCCCOC([O])=O.O=C(O)c1ccccc1. The second-order valence-electron chi connectivity index (χ2n) is 3.49. The third kappa shape index (κ3) is 10.8. The summed E-state index contributed by atoms with van der Waals surface area (Å²) in [5.74, 6) is -1.42. The fourth-order valence-corrected chi connectivity index (χ4v) is 1.03. The molecule has 0 atom stereocenters. The monoisotopic (exact) mass is 295 g/mol. The van der Waals surface area contributed by atoms with Crippen LogP contribution in [0, 0.1) is 0 Å². The number of ether oxygens (including phenoxy) is 2. The number of aromatic carboxylic acids is 1. The maximum Gasteiger partial charge on any atom is 0.549 e. The topological polar surface area (TPSA) is 110 Å². The van der Waals surface area contributed by atoms with E-state index in [2.05, 4.69) is 16.1 Å². The van der Waals surface area contributed by atoms with Gasteiger partial charge in [-0.25, -0.2) is 9.59 Å². The smallest absolute Gasteiger partial charge is 0.478 e. The average Bonchev–Trinajstić information content (AvgIpc) is 2.48. The minimum Gasteiger partial charge on any atom is -0.478 e. The third-order valence-electron chi connectivity index (χ3n) is 1.94. The Morgan fingerprint density at radius 2 is 1.67 bits per heavy atom. The highest BCUT2D eigenvalue weighted by atomic mass is 16.7. The normalized spacial score (nSPS) is 8.76. The summed E-state index contributed by atoms with van der Waals surface area (Å²) in [5, 5.41) is 18.1. The first-order valence-corrected chi connectivity index (χ1v) is 5.88. The van der Waals surface area contributed by atoms with E-state index in [1.54, 1.807) is 30.3 Å². The van der Waals surface area contributed by atoms with Crippen LogP contribution in [-0.4, -0.2) is 36.4 Å². The molecular weight excluding hydrogens is 280 g/mol. The lowest BCUT2D eigenvalue weighted by atomic mass is 10.2. The summed E-state index contributed by atoms with van der Waals surface area (Å²) in [6.45, 7) is 3.25. The van der Waals surface area contributed by atoms with Gasteiger partial charge in [0.15, 0.2) is 0 Å². The second kappa shape index (κ2) is 11.0. The molecule has 0 aliphatic carbocycles. The summed E-state index contributed by atoms with van der Waals surface area (Å²) in [6, 6.07) is 8.30. The minimum atomic E-state index is -1.58. The van der Waals surface area contributed by atoms with Crippen molar-refractivity contribution in [3.63, 3.8) is 0 Å². The van der Waals surface area contributed by atoms with Gasteiger partial charge in [0.2, 0.25) is 0 Å². The third-order valence-corrected chi connectivity index (χ3v) is 1.94. The Kier molecular flexibility index (Phi) is 9.55. The molecule has 7 heteroatoms. The Hall–Kier alpha value is -2.83. The molecule has 21 heavy (non-hydrogen) atoms. The number of carboxylic acids is 1. The van der Waals surface area contributed by atoms with Crippen molar-refractivity contribution in [3.05, 3.63) is 48.6 Å². The van der Waals surface area contributed by atoms with Crippen LogP contribution in [0.3, 0.4) is 0 Å². The highest BCUT2D eigenvalue weighted by Gasteiger charge is 1.99. The number of hydrogen-bond donors (Lipinski definition) is 1. The molecule has 0 heterocycles. The summed E-state index contributed by atoms with van der Waals surface area (Å²) < 4.78 is 8.57. The lowest BCUT2D eigenvalue weighted by molar-refractivity contribution is -0.138. The molecule has 0 aliphatic heterocycles. The van der Waals surface area contributed by atoms with Gasteiger partial charge in [-0.05, 0) is 12.1 Å². The maximum atomic E-state index is 10.4. The summed E-state index contributed by atoms with van der Waals surface area (Å²) in [6.07, 6.45) is -0.238. The van der Waals surface area contributed by atoms with Crippen molar-refractivity contribution in [2.24, 2.45) is 0 Å². The van der Waals surface area contributed by atoms with E-state index in [1.165, 1.54) is 0 Å². The second-order valence-corrected chi connectivity index (χ2v) is 3.49. The molecule has 1 rings (SSSR count). The summed E-state index contributed by atoms with van der Waals surface area (Å²) >= 11 is 0. The van der Waals surface area contributed by atoms with E-state index in [4.69, 9.17) is 5.11 Å². The van der Waals surface area contributed by atoms with E-state index >= 15 is 0 Å². The van der Waals surface area contributed by atoms with Crippen LogP contribution in [0.1, 0.15) is 16.8 Å². The first-order valence-electron chi connectivity index (χ1n) is 5.88. The average molecular weight is 295 g/mol. The van der Waals surface area contributed by atoms with E-state index in [0.717, 1.165) is 6.08 Å². The first kappa shape index (κ1) is 18.2. The number of esters is 1. The molecule has 0 saturated carbocycles. The number of benzene rings is 1. The summed E-state index contributed by atoms with van der Waals surface area (Å²) in [5.41, 5.74) is 0.331. The molecule has 1 radical (unpaired) electrons. The lowest BCUT2D eigenvalue weighted by Crippen LogP contribution is -2.06. The van der Waals surface area contributed by atoms with Gasteiger partial charge in [0, 0.05) is 12.5 Å². The molecule has 0 fully saturated rings. The van der Waals surface area contributed by atoms with Crippen molar-refractivity contribution in [2.45, 2.75) is 6.42 Å². The molecule has 0 spiro atoms. The van der Waals surface area contributed by atoms with E-state index < -0.39 is 18.1 Å². The van der Waals surface area contributed by atoms with Gasteiger partial charge in [0.25, 0.3) is 0 Å². The standard InChI is InChI=1S/C7H9O5.C7H6O2/c1-2-6(8)11-4-3-5-12-7(9)10;8-7(9)6-4-2-1-3-5-6/h2H,1,3-5H2;1-5H,(H,8,9). The molecule has 1 aromatic rings. The molecule has 113 valence electrons. The Morgan fingerprint density at radius 3 is 2.10 bits per heavy atom. The zero-order valence-corrected chi connectivity index (χ0v) is 11.2. The maximum absolute atomic E-state index is 10.4. The molecular formula is C14H15O7. The molecule has 0 aromatic heterocycles. The molecule has 7 nitrogen and oxygen atoms in total. The molecule has 0 amide bonds. The van der Waals surface area contributed by atoms with Gasteiger partial charge < -0.3 is 14.6 Å². The van der Waals surface area contributed by atoms with Crippen molar-refractivity contribution < 1.29 is 34.1 Å². The Morgan fingerprint density at radius 1 is 1.10 bits per heavy atom. The Bertz CT molecular complexity index is 467. The minimum absolute atomic E-state index is 0.0350. The highest BCUT2D eigenvalue weighted by Crippen LogP contribution is 1.96. The van der Waals surface area contributed by atoms with Crippen LogP contribution in [0.25, 0.3) is 0 Å². The first-order chi connectivity index (χ1) is 9.97. The molecule has 0 bridgehead atoms. The van der Waals surface area contributed by atoms with Gasteiger partial charge in [0.05, 0.1) is 18.8 Å². The van der Waals surface area contributed by atoms with Crippen molar-refractivity contribution in [3.8, 4) is 0 Å². The largest absolute Gasteiger partial charge is 0.549 e. The molecule has 1 N–H and O–H groups in total. The predicted octanol–water partition coefficient (Wildman–Crippen LogP) is 2.06. The van der Waals surface area contributed by atoms with Gasteiger partial charge in [-0.15, -0.1) is 0 Å². The number of rotatable bonds is 6. The van der Waals surface area contributed by atoms with Crippen LogP contribution in [0.4, 0.5) is 4.79 Å². The van der Waals surface area contributed by atoms with Crippen LogP contribution in [0.2, 0.25) is 0 Å². The predicted molar refractivity (Wildman–Crippen MR) is 71.2 cm³/mol. The van der Waals surface area contributed by atoms with Gasteiger partial charge in [-0.2, -0.15) is 9.90 Å². The lowest BCUT2D eigenvalue weighted by Gasteiger charge is -2.00. The van der Waals surface area contributed by atoms with Crippen LogP contribution >= 0.6 is 0 Å². The van der Waals surface area contributed by atoms with Crippen LogP contribution in [-0.2, 0) is 19.4 Å². The number of hydrogen-bond acceptors (Lipinski definition) is 5. The zero-order valence-electron chi connectivity index (χ0n) is 11.2. The van der Waals surface area contributed by atoms with Crippen molar-refractivity contribution in [1.29, 1.82) is 0 Å². The van der Waals surface area contributed by atoms with E-state index in [9.17, 15) is 19.5 Å². The van der Waals surface area contributed by atoms with Gasteiger partial charge >= 0.3 is 18.1 Å². The van der Waals surface area contributed by atoms with Crippen LogP contribution in [0.5, 0.6) is 0 Å². The number of carbonyl (C=O) groups excluding carboxylic acids is 2. The van der Waals surface area contributed by atoms with Crippen molar-refractivity contribution in [2.75, 3.05) is 13.2 Å². The number of carbonyl (C=O) groups is 3. The fraction of sp³-hybridized carbons (Fsp3) is 0.214. The molecule has 0 saturated heterocycles. The quantitative estimate of drug-likeness (QED) is 0.488. The van der Waals surface area contributed by atoms with Gasteiger partial charge in [-0.1, -0.05) is 24.8 Å². The molecule has 0 aliphatic rings. The zero-order chi connectivity index (χ0) is 16.1. The highest BCUT2D eigenvalue weighted by molar-refractivity contribution is 5.87. The number of carboxylic acid groups (broad SMARTS) is 1. The van der Waals surface area contributed by atoms with Crippen LogP contribution < -0.4 is 0 Å². The van der Waals surface area contributed by atoms with Gasteiger partial charge in [-0.3, -0.25) is 0 Å². The van der Waals surface area contributed by atoms with Crippen molar-refractivity contribution in [1.82, 2.24) is 0 Å². The molecule has 1 aromatic carbocycles. The fourth-order valence-electron chi connectivity index (χ4n) is 1.03.